The lowest BCUT2D eigenvalue weighted by Crippen LogP contribution is -2.00. The van der Waals surface area contributed by atoms with Gasteiger partial charge in [0.25, 0.3) is 0 Å². The summed E-state index contributed by atoms with van der Waals surface area (Å²) in [6.07, 6.45) is 3.83. The summed E-state index contributed by atoms with van der Waals surface area (Å²) in [7, 11) is 3.17. The highest BCUT2D eigenvalue weighted by Crippen LogP contribution is 2.32. The van der Waals surface area contributed by atoms with Crippen LogP contribution in [-0.4, -0.2) is 23.9 Å². The van der Waals surface area contributed by atoms with Crippen LogP contribution < -0.4 is 9.47 Å². The van der Waals surface area contributed by atoms with Crippen molar-refractivity contribution in [2.24, 2.45) is 0 Å². The van der Waals surface area contributed by atoms with Crippen molar-refractivity contribution in [3.8, 4) is 17.2 Å². The third-order valence-electron chi connectivity index (χ3n) is 2.64. The van der Waals surface area contributed by atoms with Crippen molar-refractivity contribution in [1.82, 2.24) is 4.57 Å². The number of methoxy groups -OCH3 is 2. The molecule has 0 amide bonds. The molecule has 0 aliphatic heterocycles. The van der Waals surface area contributed by atoms with Gasteiger partial charge >= 0.3 is 0 Å². The van der Waals surface area contributed by atoms with E-state index in [2.05, 4.69) is 0 Å². The van der Waals surface area contributed by atoms with Gasteiger partial charge in [0.05, 0.1) is 26.5 Å². The first-order valence-corrected chi connectivity index (χ1v) is 5.29. The fraction of sp³-hybridized carbons (Fsp3) is 0.231. The molecule has 0 atom stereocenters. The summed E-state index contributed by atoms with van der Waals surface area (Å²) >= 11 is 0. The summed E-state index contributed by atoms with van der Waals surface area (Å²) in [4.78, 5) is 0. The molecule has 1 aromatic carbocycles. The number of ether oxygens (including phenoxy) is 2. The number of hydrogen-bond acceptors (Lipinski definition) is 3. The highest BCUT2D eigenvalue weighted by Gasteiger charge is 2.11. The molecule has 0 saturated heterocycles. The van der Waals surface area contributed by atoms with Gasteiger partial charge in [-0.05, 0) is 18.2 Å². The maximum absolute atomic E-state index is 9.39. The normalized spacial score (nSPS) is 10.3. The third kappa shape index (κ3) is 2.12. The highest BCUT2D eigenvalue weighted by atomic mass is 16.5. The lowest BCUT2D eigenvalue weighted by Gasteiger charge is -2.14. The predicted molar refractivity (Wildman–Crippen MR) is 64.8 cm³/mol. The summed E-state index contributed by atoms with van der Waals surface area (Å²) in [6.45, 7) is -0.0478. The van der Waals surface area contributed by atoms with Crippen molar-refractivity contribution in [2.45, 2.75) is 6.61 Å². The van der Waals surface area contributed by atoms with Crippen LogP contribution in [0.4, 0.5) is 0 Å². The second-order valence-corrected chi connectivity index (χ2v) is 3.58. The molecule has 0 aliphatic rings. The van der Waals surface area contributed by atoms with Crippen molar-refractivity contribution < 1.29 is 14.6 Å². The second kappa shape index (κ2) is 4.93. The number of benzene rings is 1. The van der Waals surface area contributed by atoms with Crippen molar-refractivity contribution in [3.05, 3.63) is 42.2 Å². The zero-order valence-corrected chi connectivity index (χ0v) is 9.88. The van der Waals surface area contributed by atoms with Crippen molar-refractivity contribution in [2.75, 3.05) is 14.2 Å². The number of hydrogen-bond donors (Lipinski definition) is 1. The summed E-state index contributed by atoms with van der Waals surface area (Å²) in [5, 5.41) is 9.39. The van der Waals surface area contributed by atoms with Gasteiger partial charge in [-0.25, -0.2) is 0 Å². The molecule has 0 fully saturated rings. The van der Waals surface area contributed by atoms with Gasteiger partial charge < -0.3 is 19.1 Å². The van der Waals surface area contributed by atoms with Crippen LogP contribution in [-0.2, 0) is 6.61 Å². The van der Waals surface area contributed by atoms with Crippen LogP contribution in [0, 0.1) is 0 Å². The van der Waals surface area contributed by atoms with E-state index in [0.29, 0.717) is 11.5 Å². The van der Waals surface area contributed by atoms with Crippen LogP contribution in [0.1, 0.15) is 5.56 Å². The Balaban J connectivity index is 2.58. The lowest BCUT2D eigenvalue weighted by atomic mass is 10.1. The molecule has 1 N–H and O–H groups in total. The van der Waals surface area contributed by atoms with E-state index in [4.69, 9.17) is 9.47 Å². The average molecular weight is 233 g/mol. The minimum atomic E-state index is -0.0478. The topological polar surface area (TPSA) is 43.6 Å². The summed E-state index contributed by atoms with van der Waals surface area (Å²) in [6, 6.07) is 7.49. The van der Waals surface area contributed by atoms with Gasteiger partial charge in [0, 0.05) is 24.0 Å². The summed E-state index contributed by atoms with van der Waals surface area (Å²) in [5.74, 6) is 1.26. The molecule has 0 saturated carbocycles. The monoisotopic (exact) mass is 233 g/mol. The molecule has 0 radical (unpaired) electrons. The molecule has 0 bridgehead atoms. The molecular formula is C13H15NO3. The van der Waals surface area contributed by atoms with Crippen LogP contribution in [0.15, 0.2) is 36.7 Å². The van der Waals surface area contributed by atoms with Crippen LogP contribution in [0.5, 0.6) is 11.5 Å². The third-order valence-corrected chi connectivity index (χ3v) is 2.64. The first-order valence-electron chi connectivity index (χ1n) is 5.29. The number of aliphatic hydroxyl groups is 1. The Morgan fingerprint density at radius 3 is 2.18 bits per heavy atom. The van der Waals surface area contributed by atoms with E-state index in [-0.39, 0.29) is 6.61 Å². The van der Waals surface area contributed by atoms with Crippen LogP contribution in [0.2, 0.25) is 0 Å². The van der Waals surface area contributed by atoms with Gasteiger partial charge in [-0.2, -0.15) is 0 Å². The minimum Gasteiger partial charge on any atom is -0.493 e. The Bertz CT molecular complexity index is 492. The van der Waals surface area contributed by atoms with E-state index in [1.807, 2.05) is 35.2 Å². The minimum absolute atomic E-state index is 0.0478. The molecule has 1 aromatic heterocycles. The molecular weight excluding hydrogens is 218 g/mol. The van der Waals surface area contributed by atoms with E-state index in [9.17, 15) is 5.11 Å². The molecule has 1 heterocycles. The first-order chi connectivity index (χ1) is 8.30. The molecule has 17 heavy (non-hydrogen) atoms. The lowest BCUT2D eigenvalue weighted by molar-refractivity contribution is 0.280. The first kappa shape index (κ1) is 11.5. The Hall–Kier alpha value is -1.94. The number of aromatic nitrogens is 1. The van der Waals surface area contributed by atoms with E-state index in [1.54, 1.807) is 20.3 Å². The van der Waals surface area contributed by atoms with Gasteiger partial charge in [-0.15, -0.1) is 0 Å². The summed E-state index contributed by atoms with van der Waals surface area (Å²) in [5.41, 5.74) is 1.68. The van der Waals surface area contributed by atoms with Crippen LogP contribution in [0.25, 0.3) is 5.69 Å². The zero-order valence-electron chi connectivity index (χ0n) is 9.88. The largest absolute Gasteiger partial charge is 0.493 e. The Morgan fingerprint density at radius 1 is 1.06 bits per heavy atom. The van der Waals surface area contributed by atoms with E-state index in [0.717, 1.165) is 11.3 Å². The SMILES string of the molecule is COc1cc(CO)c(-n2cccc2)cc1OC. The maximum atomic E-state index is 9.39. The number of nitrogens with zero attached hydrogens (tertiary/aromatic N) is 1. The standard InChI is InChI=1S/C13H15NO3/c1-16-12-7-10(9-15)11(8-13(12)17-2)14-5-3-4-6-14/h3-8,15H,9H2,1-2H3. The molecule has 2 aromatic rings. The van der Waals surface area contributed by atoms with Gasteiger partial charge in [0.1, 0.15) is 0 Å². The smallest absolute Gasteiger partial charge is 0.162 e. The molecule has 90 valence electrons. The predicted octanol–water partition coefficient (Wildman–Crippen LogP) is 1.99. The second-order valence-electron chi connectivity index (χ2n) is 3.58. The van der Waals surface area contributed by atoms with Gasteiger partial charge in [0.15, 0.2) is 11.5 Å². The molecule has 2 rings (SSSR count). The Morgan fingerprint density at radius 2 is 1.65 bits per heavy atom. The quantitative estimate of drug-likeness (QED) is 0.878. The Kier molecular flexibility index (Phi) is 3.35. The molecule has 0 unspecified atom stereocenters. The molecule has 4 heteroatoms. The number of aliphatic hydroxyl groups excluding tert-OH is 1. The van der Waals surface area contributed by atoms with Crippen LogP contribution >= 0.6 is 0 Å². The van der Waals surface area contributed by atoms with E-state index in [1.165, 1.54) is 0 Å². The van der Waals surface area contributed by atoms with Gasteiger partial charge in [-0.3, -0.25) is 0 Å². The van der Waals surface area contributed by atoms with Crippen molar-refractivity contribution in [3.63, 3.8) is 0 Å². The Labute approximate surface area is 100 Å². The summed E-state index contributed by atoms with van der Waals surface area (Å²) < 4.78 is 12.4. The number of rotatable bonds is 4. The van der Waals surface area contributed by atoms with E-state index >= 15 is 0 Å². The fourth-order valence-corrected chi connectivity index (χ4v) is 1.77. The zero-order chi connectivity index (χ0) is 12.3. The highest BCUT2D eigenvalue weighted by molar-refractivity contribution is 5.54. The fourth-order valence-electron chi connectivity index (χ4n) is 1.77. The molecule has 4 nitrogen and oxygen atoms in total. The van der Waals surface area contributed by atoms with Crippen molar-refractivity contribution in [1.29, 1.82) is 0 Å². The molecule has 0 aliphatic carbocycles. The van der Waals surface area contributed by atoms with Gasteiger partial charge in [0.2, 0.25) is 0 Å². The van der Waals surface area contributed by atoms with Gasteiger partial charge in [-0.1, -0.05) is 0 Å². The average Bonchev–Trinajstić information content (AvgIpc) is 2.90. The van der Waals surface area contributed by atoms with Crippen LogP contribution in [0.3, 0.4) is 0 Å². The maximum Gasteiger partial charge on any atom is 0.162 e. The van der Waals surface area contributed by atoms with E-state index < -0.39 is 0 Å². The van der Waals surface area contributed by atoms with Crippen molar-refractivity contribution >= 4 is 0 Å². The molecule has 0 spiro atoms.